The molecule has 27 heavy (non-hydrogen) atoms. The van der Waals surface area contributed by atoms with Gasteiger partial charge in [0.2, 0.25) is 0 Å². The van der Waals surface area contributed by atoms with Crippen molar-refractivity contribution in [1.82, 2.24) is 34.9 Å². The molecule has 2 amide bonds. The number of amides is 2. The van der Waals surface area contributed by atoms with Crippen molar-refractivity contribution in [3.63, 3.8) is 0 Å². The number of aryl methyl sites for hydroxylation is 1. The molecule has 0 aliphatic heterocycles. The summed E-state index contributed by atoms with van der Waals surface area (Å²) in [6.45, 7) is 8.64. The molecule has 0 spiro atoms. The number of carbonyl (C=O) groups excluding carboxylic acids is 1. The zero-order valence-corrected chi connectivity index (χ0v) is 16.5. The third-order valence-electron chi connectivity index (χ3n) is 4.68. The second-order valence-corrected chi connectivity index (χ2v) is 7.19. The van der Waals surface area contributed by atoms with Crippen molar-refractivity contribution < 1.29 is 4.79 Å². The molecule has 2 aromatic heterocycles. The van der Waals surface area contributed by atoms with Gasteiger partial charge in [0.25, 0.3) is 0 Å². The Kier molecular flexibility index (Phi) is 5.43. The lowest BCUT2D eigenvalue weighted by molar-refractivity contribution is 0.205. The number of benzene rings is 1. The zero-order chi connectivity index (χ0) is 19.6. The van der Waals surface area contributed by atoms with E-state index in [0.717, 1.165) is 28.2 Å². The lowest BCUT2D eigenvalue weighted by Gasteiger charge is -2.21. The van der Waals surface area contributed by atoms with Crippen LogP contribution in [0.1, 0.15) is 50.1 Å². The Morgan fingerprint density at radius 2 is 2.11 bits per heavy atom. The number of aromatic amines is 1. The summed E-state index contributed by atoms with van der Waals surface area (Å²) in [5.41, 5.74) is 3.16. The van der Waals surface area contributed by atoms with Crippen LogP contribution in [0.2, 0.25) is 0 Å². The number of likely N-dealkylation sites (N-methyl/N-ethyl adjacent to an activating group) is 1. The van der Waals surface area contributed by atoms with Gasteiger partial charge in [-0.1, -0.05) is 12.1 Å². The lowest BCUT2D eigenvalue weighted by Crippen LogP contribution is -2.40. The number of nitrogens with zero attached hydrogens (tertiary/aromatic N) is 5. The third-order valence-corrected chi connectivity index (χ3v) is 4.68. The molecule has 0 unspecified atom stereocenters. The molecular formula is C19H27N7O. The molecule has 0 saturated heterocycles. The SMILES string of the molecule is Cc1cccc2[nH]c(CCN(C)C(=O)N[C@@H](C)c3nncn3C(C)C)nc12. The number of H-pyrrole nitrogens is 1. The standard InChI is InChI=1S/C19H27N7O/c1-12(2)26-11-20-24-18(26)14(4)21-19(27)25(5)10-9-16-22-15-8-6-7-13(3)17(15)23-16/h6-8,11-12,14H,9-10H2,1-5H3,(H,21,27)(H,22,23)/t14-/m0/s1. The van der Waals surface area contributed by atoms with Gasteiger partial charge < -0.3 is 19.8 Å². The van der Waals surface area contributed by atoms with Crippen LogP contribution < -0.4 is 5.32 Å². The normalized spacial score (nSPS) is 12.5. The first-order valence-electron chi connectivity index (χ1n) is 9.22. The molecule has 3 aromatic rings. The molecule has 144 valence electrons. The molecule has 8 heteroatoms. The maximum atomic E-state index is 12.5. The Morgan fingerprint density at radius 1 is 1.33 bits per heavy atom. The topological polar surface area (TPSA) is 91.7 Å². The van der Waals surface area contributed by atoms with Crippen molar-refractivity contribution in [2.24, 2.45) is 0 Å². The van der Waals surface area contributed by atoms with Crippen molar-refractivity contribution in [2.75, 3.05) is 13.6 Å². The first kappa shape index (κ1) is 18.9. The number of rotatable bonds is 6. The van der Waals surface area contributed by atoms with E-state index in [2.05, 4.69) is 39.3 Å². The summed E-state index contributed by atoms with van der Waals surface area (Å²) in [7, 11) is 1.78. The van der Waals surface area contributed by atoms with Gasteiger partial charge in [-0.25, -0.2) is 9.78 Å². The molecule has 8 nitrogen and oxygen atoms in total. The molecular weight excluding hydrogens is 342 g/mol. The van der Waals surface area contributed by atoms with Gasteiger partial charge >= 0.3 is 6.03 Å². The first-order chi connectivity index (χ1) is 12.9. The average Bonchev–Trinajstić information content (AvgIpc) is 3.27. The number of para-hydroxylation sites is 1. The van der Waals surface area contributed by atoms with Crippen LogP contribution in [0.25, 0.3) is 11.0 Å². The summed E-state index contributed by atoms with van der Waals surface area (Å²) in [5.74, 6) is 1.63. The van der Waals surface area contributed by atoms with Crippen LogP contribution >= 0.6 is 0 Å². The number of aromatic nitrogens is 5. The molecule has 3 rings (SSSR count). The van der Waals surface area contributed by atoms with E-state index in [1.807, 2.05) is 36.6 Å². The van der Waals surface area contributed by atoms with Crippen molar-refractivity contribution in [3.8, 4) is 0 Å². The van der Waals surface area contributed by atoms with Crippen LogP contribution in [-0.2, 0) is 6.42 Å². The van der Waals surface area contributed by atoms with Crippen LogP contribution in [-0.4, -0.2) is 49.3 Å². The molecule has 2 N–H and O–H groups in total. The third kappa shape index (κ3) is 4.10. The van der Waals surface area contributed by atoms with E-state index < -0.39 is 0 Å². The number of carbonyl (C=O) groups is 1. The second kappa shape index (κ2) is 7.77. The fourth-order valence-corrected chi connectivity index (χ4v) is 3.04. The van der Waals surface area contributed by atoms with E-state index in [9.17, 15) is 4.79 Å². The van der Waals surface area contributed by atoms with Crippen LogP contribution in [0.4, 0.5) is 4.79 Å². The van der Waals surface area contributed by atoms with Gasteiger partial charge in [0.15, 0.2) is 5.82 Å². The van der Waals surface area contributed by atoms with Crippen LogP contribution in [0.15, 0.2) is 24.5 Å². The molecule has 0 saturated carbocycles. The van der Waals surface area contributed by atoms with Gasteiger partial charge in [0.1, 0.15) is 12.2 Å². The second-order valence-electron chi connectivity index (χ2n) is 7.19. The Hall–Kier alpha value is -2.90. The van der Waals surface area contributed by atoms with Crippen LogP contribution in [0.5, 0.6) is 0 Å². The van der Waals surface area contributed by atoms with E-state index in [4.69, 9.17) is 0 Å². The molecule has 0 radical (unpaired) electrons. The predicted molar refractivity (Wildman–Crippen MR) is 105 cm³/mol. The summed E-state index contributed by atoms with van der Waals surface area (Å²) in [6, 6.07) is 5.94. The predicted octanol–water partition coefficient (Wildman–Crippen LogP) is 2.99. The van der Waals surface area contributed by atoms with E-state index in [0.29, 0.717) is 13.0 Å². The highest BCUT2D eigenvalue weighted by atomic mass is 16.2. The van der Waals surface area contributed by atoms with Crippen molar-refractivity contribution in [2.45, 2.75) is 46.2 Å². The average molecular weight is 369 g/mol. The van der Waals surface area contributed by atoms with Crippen molar-refractivity contribution in [3.05, 3.63) is 41.7 Å². The Bertz CT molecular complexity index is 927. The van der Waals surface area contributed by atoms with E-state index in [-0.39, 0.29) is 18.1 Å². The summed E-state index contributed by atoms with van der Waals surface area (Å²) >= 11 is 0. The zero-order valence-electron chi connectivity index (χ0n) is 16.5. The summed E-state index contributed by atoms with van der Waals surface area (Å²) in [5, 5.41) is 11.1. The number of urea groups is 1. The highest BCUT2D eigenvalue weighted by Crippen LogP contribution is 2.16. The number of hydrogen-bond acceptors (Lipinski definition) is 4. The maximum absolute atomic E-state index is 12.5. The Morgan fingerprint density at radius 3 is 2.81 bits per heavy atom. The number of hydrogen-bond donors (Lipinski definition) is 2. The van der Waals surface area contributed by atoms with Gasteiger partial charge in [0.05, 0.1) is 17.1 Å². The quantitative estimate of drug-likeness (QED) is 0.699. The van der Waals surface area contributed by atoms with Crippen LogP contribution in [0.3, 0.4) is 0 Å². The number of fused-ring (bicyclic) bond motifs is 1. The van der Waals surface area contributed by atoms with E-state index in [1.54, 1.807) is 18.3 Å². The molecule has 0 aliphatic carbocycles. The van der Waals surface area contributed by atoms with E-state index >= 15 is 0 Å². The fourth-order valence-electron chi connectivity index (χ4n) is 3.04. The molecule has 1 atom stereocenters. The molecule has 0 aliphatic rings. The lowest BCUT2D eigenvalue weighted by atomic mass is 10.2. The summed E-state index contributed by atoms with van der Waals surface area (Å²) in [6.07, 6.45) is 2.35. The van der Waals surface area contributed by atoms with Gasteiger partial charge in [-0.15, -0.1) is 10.2 Å². The molecule has 1 aromatic carbocycles. The molecule has 0 bridgehead atoms. The highest BCUT2D eigenvalue weighted by molar-refractivity contribution is 5.78. The Labute approximate surface area is 159 Å². The molecule has 0 fully saturated rings. The first-order valence-corrected chi connectivity index (χ1v) is 9.22. The largest absolute Gasteiger partial charge is 0.342 e. The van der Waals surface area contributed by atoms with Gasteiger partial charge in [-0.05, 0) is 39.3 Å². The minimum absolute atomic E-state index is 0.145. The minimum Gasteiger partial charge on any atom is -0.342 e. The van der Waals surface area contributed by atoms with Crippen molar-refractivity contribution >= 4 is 17.1 Å². The van der Waals surface area contributed by atoms with Gasteiger partial charge in [-0.2, -0.15) is 0 Å². The molecule has 2 heterocycles. The van der Waals surface area contributed by atoms with E-state index in [1.165, 1.54) is 0 Å². The Balaban J connectivity index is 1.58. The fraction of sp³-hybridized carbons (Fsp3) is 0.474. The van der Waals surface area contributed by atoms with Gasteiger partial charge in [-0.3, -0.25) is 0 Å². The van der Waals surface area contributed by atoms with Gasteiger partial charge in [0, 0.05) is 26.1 Å². The monoisotopic (exact) mass is 369 g/mol. The summed E-state index contributed by atoms with van der Waals surface area (Å²) in [4.78, 5) is 22.1. The number of imidazole rings is 1. The summed E-state index contributed by atoms with van der Waals surface area (Å²) < 4.78 is 1.96. The van der Waals surface area contributed by atoms with Crippen molar-refractivity contribution in [1.29, 1.82) is 0 Å². The number of nitrogens with one attached hydrogen (secondary N) is 2. The minimum atomic E-state index is -0.223. The maximum Gasteiger partial charge on any atom is 0.317 e. The smallest absolute Gasteiger partial charge is 0.317 e. The van der Waals surface area contributed by atoms with Crippen LogP contribution in [0, 0.1) is 6.92 Å². The highest BCUT2D eigenvalue weighted by Gasteiger charge is 2.19.